The largest absolute Gasteiger partial charge is 0.477 e. The predicted octanol–water partition coefficient (Wildman–Crippen LogP) is 2.75. The second-order valence-corrected chi connectivity index (χ2v) is 5.01. The van der Waals surface area contributed by atoms with Crippen LogP contribution in [0.15, 0.2) is 28.6 Å². The molecule has 1 aromatic heterocycles. The molecule has 4 nitrogen and oxygen atoms in total. The number of carbonyl (C=O) groups is 1. The van der Waals surface area contributed by atoms with Crippen LogP contribution in [0.4, 0.5) is 0 Å². The molecule has 1 heterocycles. The van der Waals surface area contributed by atoms with E-state index in [4.69, 9.17) is 5.11 Å². The SMILES string of the molecule is Cc1ccc(C(=O)O)c(=O)n1CCC1=CCCCC1. The number of allylic oxidation sites excluding steroid dienone is 2. The first kappa shape index (κ1) is 13.6. The smallest absolute Gasteiger partial charge is 0.341 e. The van der Waals surface area contributed by atoms with Gasteiger partial charge in [0, 0.05) is 12.2 Å². The molecule has 0 spiro atoms. The quantitative estimate of drug-likeness (QED) is 0.848. The first-order chi connectivity index (χ1) is 9.09. The van der Waals surface area contributed by atoms with Gasteiger partial charge in [0.1, 0.15) is 5.56 Å². The highest BCUT2D eigenvalue weighted by molar-refractivity contribution is 5.87. The number of pyridine rings is 1. The number of aromatic nitrogens is 1. The van der Waals surface area contributed by atoms with Crippen LogP contribution >= 0.6 is 0 Å². The van der Waals surface area contributed by atoms with Gasteiger partial charge in [-0.05, 0) is 51.2 Å². The molecule has 0 unspecified atom stereocenters. The highest BCUT2D eigenvalue weighted by Crippen LogP contribution is 2.20. The van der Waals surface area contributed by atoms with Crippen LogP contribution in [-0.2, 0) is 6.54 Å². The van der Waals surface area contributed by atoms with Gasteiger partial charge in [-0.25, -0.2) is 4.79 Å². The molecular weight excluding hydrogens is 242 g/mol. The normalized spacial score (nSPS) is 15.1. The van der Waals surface area contributed by atoms with Gasteiger partial charge in [0.2, 0.25) is 0 Å². The van der Waals surface area contributed by atoms with E-state index >= 15 is 0 Å². The van der Waals surface area contributed by atoms with Crippen LogP contribution in [0.3, 0.4) is 0 Å². The third-order valence-electron chi connectivity index (χ3n) is 3.66. The van der Waals surface area contributed by atoms with Crippen molar-refractivity contribution in [3.8, 4) is 0 Å². The molecule has 0 amide bonds. The van der Waals surface area contributed by atoms with E-state index in [9.17, 15) is 9.59 Å². The summed E-state index contributed by atoms with van der Waals surface area (Å²) in [5, 5.41) is 8.97. The number of nitrogens with zero attached hydrogens (tertiary/aromatic N) is 1. The molecule has 1 aliphatic rings. The van der Waals surface area contributed by atoms with Gasteiger partial charge in [-0.3, -0.25) is 4.79 Å². The van der Waals surface area contributed by atoms with E-state index in [0.717, 1.165) is 25.0 Å². The first-order valence-corrected chi connectivity index (χ1v) is 6.71. The lowest BCUT2D eigenvalue weighted by molar-refractivity contribution is 0.0694. The molecular formula is C15H19NO3. The lowest BCUT2D eigenvalue weighted by Crippen LogP contribution is -2.28. The zero-order valence-corrected chi connectivity index (χ0v) is 11.2. The average molecular weight is 261 g/mol. The van der Waals surface area contributed by atoms with E-state index in [-0.39, 0.29) is 5.56 Å². The van der Waals surface area contributed by atoms with E-state index in [1.165, 1.54) is 24.5 Å². The highest BCUT2D eigenvalue weighted by atomic mass is 16.4. The summed E-state index contributed by atoms with van der Waals surface area (Å²) in [7, 11) is 0. The number of aromatic carboxylic acids is 1. The molecule has 0 aromatic carbocycles. The monoisotopic (exact) mass is 261 g/mol. The highest BCUT2D eigenvalue weighted by Gasteiger charge is 2.13. The molecule has 0 saturated heterocycles. The Hall–Kier alpha value is -1.84. The average Bonchev–Trinajstić information content (AvgIpc) is 2.39. The van der Waals surface area contributed by atoms with Crippen molar-refractivity contribution in [2.45, 2.75) is 45.6 Å². The van der Waals surface area contributed by atoms with E-state index in [1.807, 2.05) is 6.92 Å². The summed E-state index contributed by atoms with van der Waals surface area (Å²) in [5.74, 6) is -1.16. The summed E-state index contributed by atoms with van der Waals surface area (Å²) < 4.78 is 1.57. The van der Waals surface area contributed by atoms with Crippen molar-refractivity contribution in [1.29, 1.82) is 0 Å². The maximum absolute atomic E-state index is 12.1. The fourth-order valence-electron chi connectivity index (χ4n) is 2.50. The number of hydrogen-bond acceptors (Lipinski definition) is 2. The minimum atomic E-state index is -1.16. The Bertz CT molecular complexity index is 569. The fourth-order valence-corrected chi connectivity index (χ4v) is 2.50. The summed E-state index contributed by atoms with van der Waals surface area (Å²) in [6.45, 7) is 2.40. The summed E-state index contributed by atoms with van der Waals surface area (Å²) in [6, 6.07) is 3.08. The lowest BCUT2D eigenvalue weighted by Gasteiger charge is -2.15. The molecule has 0 bridgehead atoms. The minimum absolute atomic E-state index is 0.150. The van der Waals surface area contributed by atoms with Gasteiger partial charge in [0.25, 0.3) is 5.56 Å². The molecule has 0 aliphatic heterocycles. The van der Waals surface area contributed by atoms with Crippen molar-refractivity contribution >= 4 is 5.97 Å². The Balaban J connectivity index is 2.20. The number of hydrogen-bond donors (Lipinski definition) is 1. The van der Waals surface area contributed by atoms with Crippen molar-refractivity contribution in [1.82, 2.24) is 4.57 Å². The van der Waals surface area contributed by atoms with E-state index in [1.54, 1.807) is 10.6 Å². The van der Waals surface area contributed by atoms with Crippen molar-refractivity contribution in [3.63, 3.8) is 0 Å². The van der Waals surface area contributed by atoms with Gasteiger partial charge < -0.3 is 9.67 Å². The van der Waals surface area contributed by atoms with Crippen molar-refractivity contribution < 1.29 is 9.90 Å². The number of carboxylic acids is 1. The van der Waals surface area contributed by atoms with Gasteiger partial charge in [-0.1, -0.05) is 11.6 Å². The minimum Gasteiger partial charge on any atom is -0.477 e. The van der Waals surface area contributed by atoms with Crippen molar-refractivity contribution in [2.24, 2.45) is 0 Å². The zero-order chi connectivity index (χ0) is 13.8. The molecule has 1 N–H and O–H groups in total. The molecule has 4 heteroatoms. The Morgan fingerprint density at radius 3 is 2.79 bits per heavy atom. The van der Waals surface area contributed by atoms with E-state index in [0.29, 0.717) is 6.54 Å². The van der Waals surface area contributed by atoms with Crippen LogP contribution in [0.5, 0.6) is 0 Å². The van der Waals surface area contributed by atoms with E-state index in [2.05, 4.69) is 6.08 Å². The van der Waals surface area contributed by atoms with Crippen LogP contribution in [0.2, 0.25) is 0 Å². The van der Waals surface area contributed by atoms with Crippen molar-refractivity contribution in [3.05, 3.63) is 45.4 Å². The summed E-state index contributed by atoms with van der Waals surface area (Å²) in [4.78, 5) is 23.0. The maximum atomic E-state index is 12.1. The Morgan fingerprint density at radius 1 is 1.37 bits per heavy atom. The van der Waals surface area contributed by atoms with Crippen LogP contribution in [0.1, 0.15) is 48.2 Å². The van der Waals surface area contributed by atoms with E-state index < -0.39 is 11.5 Å². The van der Waals surface area contributed by atoms with Crippen LogP contribution in [-0.4, -0.2) is 15.6 Å². The molecule has 1 aliphatic carbocycles. The van der Waals surface area contributed by atoms with Crippen LogP contribution < -0.4 is 5.56 Å². The fraction of sp³-hybridized carbons (Fsp3) is 0.467. The topological polar surface area (TPSA) is 59.3 Å². The third kappa shape index (κ3) is 3.13. The van der Waals surface area contributed by atoms with Gasteiger partial charge >= 0.3 is 5.97 Å². The predicted molar refractivity (Wildman–Crippen MR) is 73.6 cm³/mol. The third-order valence-corrected chi connectivity index (χ3v) is 3.66. The second-order valence-electron chi connectivity index (χ2n) is 5.01. The molecule has 1 aromatic rings. The number of rotatable bonds is 4. The molecule has 102 valence electrons. The second kappa shape index (κ2) is 5.87. The lowest BCUT2D eigenvalue weighted by atomic mass is 9.97. The standard InChI is InChI=1S/C15H19NO3/c1-11-7-8-13(15(18)19)14(17)16(11)10-9-12-5-3-2-4-6-12/h5,7-8H,2-4,6,9-10H2,1H3,(H,18,19). The Kier molecular flexibility index (Phi) is 4.20. The summed E-state index contributed by atoms with van der Waals surface area (Å²) in [5.41, 5.74) is 1.65. The first-order valence-electron chi connectivity index (χ1n) is 6.71. The molecule has 2 rings (SSSR count). The van der Waals surface area contributed by atoms with Crippen LogP contribution in [0.25, 0.3) is 0 Å². The summed E-state index contributed by atoms with van der Waals surface area (Å²) >= 11 is 0. The molecule has 0 saturated carbocycles. The molecule has 0 radical (unpaired) electrons. The van der Waals surface area contributed by atoms with Crippen LogP contribution in [0, 0.1) is 6.92 Å². The number of aryl methyl sites for hydroxylation is 1. The summed E-state index contributed by atoms with van der Waals surface area (Å²) in [6.07, 6.45) is 7.78. The maximum Gasteiger partial charge on any atom is 0.341 e. The number of carboxylic acid groups (broad SMARTS) is 1. The van der Waals surface area contributed by atoms with Crippen molar-refractivity contribution in [2.75, 3.05) is 0 Å². The van der Waals surface area contributed by atoms with Gasteiger partial charge in [0.15, 0.2) is 0 Å². The van der Waals surface area contributed by atoms with Gasteiger partial charge in [-0.2, -0.15) is 0 Å². The molecule has 19 heavy (non-hydrogen) atoms. The van der Waals surface area contributed by atoms with Gasteiger partial charge in [-0.15, -0.1) is 0 Å². The zero-order valence-electron chi connectivity index (χ0n) is 11.2. The Labute approximate surface area is 112 Å². The molecule has 0 atom stereocenters. The molecule has 0 fully saturated rings. The van der Waals surface area contributed by atoms with Gasteiger partial charge in [0.05, 0.1) is 0 Å². The Morgan fingerprint density at radius 2 is 2.16 bits per heavy atom.